The van der Waals surface area contributed by atoms with Crippen LogP contribution in [-0.4, -0.2) is 18.0 Å². The van der Waals surface area contributed by atoms with E-state index in [4.69, 9.17) is 12.2 Å². The van der Waals surface area contributed by atoms with Gasteiger partial charge in [-0.25, -0.2) is 0 Å². The van der Waals surface area contributed by atoms with Gasteiger partial charge in [0.2, 0.25) is 0 Å². The van der Waals surface area contributed by atoms with Gasteiger partial charge >= 0.3 is 0 Å². The van der Waals surface area contributed by atoms with Crippen LogP contribution in [0.4, 0.5) is 0 Å². The molecule has 22 heavy (non-hydrogen) atoms. The zero-order valence-electron chi connectivity index (χ0n) is 12.9. The van der Waals surface area contributed by atoms with Gasteiger partial charge in [-0.2, -0.15) is 0 Å². The molecule has 114 valence electrons. The largest absolute Gasteiger partial charge is 0.316 e. The minimum Gasteiger partial charge on any atom is -0.316 e. The number of nitrogens with one attached hydrogen (secondary N) is 1. The van der Waals surface area contributed by atoms with Gasteiger partial charge in [-0.05, 0) is 41.8 Å². The zero-order valence-corrected chi connectivity index (χ0v) is 13.7. The summed E-state index contributed by atoms with van der Waals surface area (Å²) in [6.45, 7) is 2.19. The SMILES string of the molecule is S=C(CC(c1ccccc1)c1ccccc1)C1CCCNC1. The molecule has 2 heteroatoms. The van der Waals surface area contributed by atoms with E-state index in [1.54, 1.807) is 0 Å². The highest BCUT2D eigenvalue weighted by molar-refractivity contribution is 7.80. The molecule has 0 radical (unpaired) electrons. The summed E-state index contributed by atoms with van der Waals surface area (Å²) in [7, 11) is 0. The van der Waals surface area contributed by atoms with Crippen molar-refractivity contribution < 1.29 is 0 Å². The van der Waals surface area contributed by atoms with E-state index in [2.05, 4.69) is 66.0 Å². The molecule has 3 rings (SSSR count). The Bertz CT molecular complexity index is 548. The van der Waals surface area contributed by atoms with Crippen LogP contribution in [0.25, 0.3) is 0 Å². The quantitative estimate of drug-likeness (QED) is 0.812. The second-order valence-electron chi connectivity index (χ2n) is 6.09. The molecule has 1 saturated heterocycles. The third-order valence-corrected chi connectivity index (χ3v) is 5.06. The molecule has 1 aliphatic heterocycles. The Kier molecular flexibility index (Phi) is 5.36. The Hall–Kier alpha value is -1.51. The van der Waals surface area contributed by atoms with Gasteiger partial charge in [0.05, 0.1) is 0 Å². The molecule has 0 aliphatic carbocycles. The summed E-state index contributed by atoms with van der Waals surface area (Å²) in [5, 5.41) is 3.48. The normalized spacial score (nSPS) is 18.3. The van der Waals surface area contributed by atoms with Crippen molar-refractivity contribution in [2.24, 2.45) is 5.92 Å². The second kappa shape index (κ2) is 7.66. The Morgan fingerprint density at radius 3 is 2.09 bits per heavy atom. The molecule has 2 aromatic rings. The minimum absolute atomic E-state index is 0.372. The highest BCUT2D eigenvalue weighted by atomic mass is 32.1. The van der Waals surface area contributed by atoms with Crippen molar-refractivity contribution in [2.45, 2.75) is 25.2 Å². The van der Waals surface area contributed by atoms with Gasteiger partial charge in [0.1, 0.15) is 0 Å². The van der Waals surface area contributed by atoms with E-state index in [0.717, 1.165) is 19.5 Å². The Balaban J connectivity index is 1.81. The maximum Gasteiger partial charge on any atom is 0.0135 e. The van der Waals surface area contributed by atoms with Crippen molar-refractivity contribution in [2.75, 3.05) is 13.1 Å². The number of rotatable bonds is 5. The average molecular weight is 309 g/mol. The fraction of sp³-hybridized carbons (Fsp3) is 0.350. The lowest BCUT2D eigenvalue weighted by atomic mass is 9.83. The summed E-state index contributed by atoms with van der Waals surface area (Å²) in [5.41, 5.74) is 2.72. The Labute approximate surface area is 138 Å². The topological polar surface area (TPSA) is 12.0 Å². The van der Waals surface area contributed by atoms with E-state index in [1.165, 1.54) is 28.8 Å². The first-order chi connectivity index (χ1) is 10.8. The molecule has 1 heterocycles. The van der Waals surface area contributed by atoms with Gasteiger partial charge in [0.25, 0.3) is 0 Å². The van der Waals surface area contributed by atoms with Gasteiger partial charge in [0.15, 0.2) is 0 Å². The Morgan fingerprint density at radius 2 is 1.59 bits per heavy atom. The second-order valence-corrected chi connectivity index (χ2v) is 6.61. The fourth-order valence-electron chi connectivity index (χ4n) is 3.29. The van der Waals surface area contributed by atoms with Crippen LogP contribution < -0.4 is 5.32 Å². The van der Waals surface area contributed by atoms with E-state index in [-0.39, 0.29) is 0 Å². The number of piperidine rings is 1. The molecule has 1 atom stereocenters. The van der Waals surface area contributed by atoms with E-state index in [1.807, 2.05) is 0 Å². The summed E-state index contributed by atoms with van der Waals surface area (Å²) in [6.07, 6.45) is 3.45. The van der Waals surface area contributed by atoms with Crippen molar-refractivity contribution >= 4 is 17.1 Å². The van der Waals surface area contributed by atoms with E-state index in [9.17, 15) is 0 Å². The first-order valence-electron chi connectivity index (χ1n) is 8.18. The number of hydrogen-bond acceptors (Lipinski definition) is 2. The van der Waals surface area contributed by atoms with Crippen molar-refractivity contribution in [3.8, 4) is 0 Å². The smallest absolute Gasteiger partial charge is 0.0135 e. The average Bonchev–Trinajstić information content (AvgIpc) is 2.62. The molecule has 1 unspecified atom stereocenters. The van der Waals surface area contributed by atoms with E-state index in [0.29, 0.717) is 11.8 Å². The lowest BCUT2D eigenvalue weighted by Crippen LogP contribution is -2.34. The summed E-state index contributed by atoms with van der Waals surface area (Å²) < 4.78 is 0. The number of hydrogen-bond donors (Lipinski definition) is 1. The minimum atomic E-state index is 0.372. The molecule has 1 aliphatic rings. The van der Waals surface area contributed by atoms with Crippen LogP contribution >= 0.6 is 12.2 Å². The molecular formula is C20H23NS. The van der Waals surface area contributed by atoms with Crippen LogP contribution in [0.1, 0.15) is 36.3 Å². The van der Waals surface area contributed by atoms with Crippen molar-refractivity contribution in [1.29, 1.82) is 0 Å². The summed E-state index contributed by atoms with van der Waals surface area (Å²) in [6, 6.07) is 21.5. The summed E-state index contributed by atoms with van der Waals surface area (Å²) >= 11 is 5.81. The van der Waals surface area contributed by atoms with Crippen LogP contribution in [0.15, 0.2) is 60.7 Å². The van der Waals surface area contributed by atoms with Crippen LogP contribution in [0.3, 0.4) is 0 Å². The van der Waals surface area contributed by atoms with Gasteiger partial charge in [-0.15, -0.1) is 0 Å². The van der Waals surface area contributed by atoms with Crippen molar-refractivity contribution in [3.05, 3.63) is 71.8 Å². The predicted molar refractivity (Wildman–Crippen MR) is 97.5 cm³/mol. The lowest BCUT2D eigenvalue weighted by Gasteiger charge is -2.26. The van der Waals surface area contributed by atoms with E-state index < -0.39 is 0 Å². The Morgan fingerprint density at radius 1 is 1.00 bits per heavy atom. The molecular weight excluding hydrogens is 286 g/mol. The molecule has 0 spiro atoms. The van der Waals surface area contributed by atoms with Crippen LogP contribution in [-0.2, 0) is 0 Å². The molecule has 1 nitrogen and oxygen atoms in total. The predicted octanol–water partition coefficient (Wildman–Crippen LogP) is 4.58. The first kappa shape index (κ1) is 15.4. The number of thiocarbonyl (C=S) groups is 1. The molecule has 1 N–H and O–H groups in total. The maximum absolute atomic E-state index is 5.81. The van der Waals surface area contributed by atoms with Gasteiger partial charge < -0.3 is 5.32 Å². The molecule has 2 aromatic carbocycles. The summed E-state index contributed by atoms with van der Waals surface area (Å²) in [4.78, 5) is 1.23. The van der Waals surface area contributed by atoms with Crippen LogP contribution in [0.2, 0.25) is 0 Å². The fourth-order valence-corrected chi connectivity index (χ4v) is 3.66. The van der Waals surface area contributed by atoms with Gasteiger partial charge in [0, 0.05) is 18.4 Å². The van der Waals surface area contributed by atoms with Crippen LogP contribution in [0, 0.1) is 5.92 Å². The highest BCUT2D eigenvalue weighted by Gasteiger charge is 2.22. The third-order valence-electron chi connectivity index (χ3n) is 4.56. The molecule has 0 saturated carbocycles. The summed E-state index contributed by atoms with van der Waals surface area (Å²) in [5.74, 6) is 0.926. The monoisotopic (exact) mass is 309 g/mol. The lowest BCUT2D eigenvalue weighted by molar-refractivity contribution is 0.456. The van der Waals surface area contributed by atoms with Gasteiger partial charge in [-0.1, -0.05) is 72.9 Å². The van der Waals surface area contributed by atoms with Crippen molar-refractivity contribution in [1.82, 2.24) is 5.32 Å². The standard InChI is InChI=1S/C20H23NS/c22-20(18-12-7-13-21-15-18)14-19(16-8-3-1-4-9-16)17-10-5-2-6-11-17/h1-6,8-11,18-19,21H,7,12-15H2. The van der Waals surface area contributed by atoms with Crippen molar-refractivity contribution in [3.63, 3.8) is 0 Å². The molecule has 0 aromatic heterocycles. The maximum atomic E-state index is 5.81. The molecule has 1 fully saturated rings. The number of benzene rings is 2. The first-order valence-corrected chi connectivity index (χ1v) is 8.59. The van der Waals surface area contributed by atoms with Gasteiger partial charge in [-0.3, -0.25) is 0 Å². The van der Waals surface area contributed by atoms with Crippen LogP contribution in [0.5, 0.6) is 0 Å². The van der Waals surface area contributed by atoms with E-state index >= 15 is 0 Å². The third kappa shape index (κ3) is 3.82. The highest BCUT2D eigenvalue weighted by Crippen LogP contribution is 2.30. The molecule has 0 amide bonds. The molecule has 0 bridgehead atoms. The zero-order chi connectivity index (χ0) is 15.2.